The summed E-state index contributed by atoms with van der Waals surface area (Å²) in [5.41, 5.74) is 0.632. The normalized spacial score (nSPS) is 26.4. The number of urea groups is 1. The smallest absolute Gasteiger partial charge is 0.325 e. The van der Waals surface area contributed by atoms with Crippen LogP contribution in [0.5, 0.6) is 0 Å². The number of piperidine rings is 1. The van der Waals surface area contributed by atoms with Crippen LogP contribution < -0.4 is 10.6 Å². The first-order valence-corrected chi connectivity index (χ1v) is 17.9. The van der Waals surface area contributed by atoms with Crippen molar-refractivity contribution < 1.29 is 31.6 Å². The fourth-order valence-electron chi connectivity index (χ4n) is 7.84. The molecule has 3 heterocycles. The number of nitrogens with one attached hydrogen (secondary N) is 2. The lowest BCUT2D eigenvalue weighted by Gasteiger charge is -2.43. The van der Waals surface area contributed by atoms with Gasteiger partial charge in [-0.15, -0.1) is 12.4 Å². The number of benzene rings is 2. The predicted molar refractivity (Wildman–Crippen MR) is 178 cm³/mol. The number of rotatable bonds is 10. The first kappa shape index (κ1) is 36.2. The molecule has 4 amide bonds. The molecule has 4 aliphatic rings. The lowest BCUT2D eigenvalue weighted by atomic mass is 9.82. The molecule has 262 valence electrons. The van der Waals surface area contributed by atoms with E-state index in [1.54, 1.807) is 12.1 Å². The Hall–Kier alpha value is -3.13. The molecule has 2 aromatic rings. The molecular formula is C34H44ClF2N5O5S. The van der Waals surface area contributed by atoms with Crippen LogP contribution in [-0.2, 0) is 26.2 Å². The molecule has 48 heavy (non-hydrogen) atoms. The Balaban J connectivity index is 0.00000451. The molecule has 0 radical (unpaired) electrons. The van der Waals surface area contributed by atoms with Crippen molar-refractivity contribution in [3.05, 3.63) is 65.7 Å². The molecule has 0 aromatic heterocycles. The maximum atomic E-state index is 13.8. The highest BCUT2D eigenvalue weighted by Crippen LogP contribution is 2.44. The molecule has 4 fully saturated rings. The van der Waals surface area contributed by atoms with Crippen molar-refractivity contribution in [2.45, 2.75) is 98.8 Å². The summed E-state index contributed by atoms with van der Waals surface area (Å²) in [6.07, 6.45) is 3.24. The van der Waals surface area contributed by atoms with E-state index in [1.165, 1.54) is 31.1 Å². The fraction of sp³-hybridized carbons (Fsp3) is 0.559. The fourth-order valence-corrected chi connectivity index (χ4v) is 8.74. The summed E-state index contributed by atoms with van der Waals surface area (Å²) in [6, 6.07) is 15.4. The van der Waals surface area contributed by atoms with Crippen LogP contribution in [0.3, 0.4) is 0 Å². The maximum absolute atomic E-state index is 13.8. The van der Waals surface area contributed by atoms with Gasteiger partial charge in [-0.1, -0.05) is 42.5 Å². The Morgan fingerprint density at radius 2 is 1.58 bits per heavy atom. The minimum absolute atomic E-state index is 0. The zero-order valence-corrected chi connectivity index (χ0v) is 28.9. The number of hydrogen-bond acceptors (Lipinski definition) is 6. The molecule has 14 heteroatoms. The van der Waals surface area contributed by atoms with Crippen LogP contribution in [-0.4, -0.2) is 84.6 Å². The highest BCUT2D eigenvalue weighted by molar-refractivity contribution is 7.89. The molecule has 2 aromatic carbocycles. The number of halogens is 3. The van der Waals surface area contributed by atoms with Gasteiger partial charge in [0.1, 0.15) is 5.54 Å². The van der Waals surface area contributed by atoms with Crippen LogP contribution in [0.2, 0.25) is 0 Å². The summed E-state index contributed by atoms with van der Waals surface area (Å²) in [4.78, 5) is 43.9. The molecule has 10 nitrogen and oxygen atoms in total. The van der Waals surface area contributed by atoms with E-state index in [1.807, 2.05) is 30.3 Å². The summed E-state index contributed by atoms with van der Waals surface area (Å²) < 4.78 is 53.4. The first-order valence-electron chi connectivity index (χ1n) is 16.4. The Kier molecular flexibility index (Phi) is 10.6. The molecule has 2 unspecified atom stereocenters. The van der Waals surface area contributed by atoms with Gasteiger partial charge in [0.2, 0.25) is 21.9 Å². The topological polar surface area (TPSA) is 119 Å². The zero-order chi connectivity index (χ0) is 33.6. The van der Waals surface area contributed by atoms with E-state index in [4.69, 9.17) is 0 Å². The summed E-state index contributed by atoms with van der Waals surface area (Å²) in [5, 5.41) is 6.18. The molecule has 3 saturated heterocycles. The quantitative estimate of drug-likeness (QED) is 0.341. The maximum Gasteiger partial charge on any atom is 0.325 e. The Morgan fingerprint density at radius 1 is 0.979 bits per heavy atom. The highest BCUT2D eigenvalue weighted by Gasteiger charge is 2.58. The number of carbonyl (C=O) groups is 3. The van der Waals surface area contributed by atoms with Crippen molar-refractivity contribution in [2.24, 2.45) is 5.92 Å². The van der Waals surface area contributed by atoms with E-state index in [0.717, 1.165) is 22.7 Å². The lowest BCUT2D eigenvalue weighted by Crippen LogP contribution is -2.59. The van der Waals surface area contributed by atoms with Crippen molar-refractivity contribution in [3.63, 3.8) is 0 Å². The second kappa shape index (κ2) is 14.0. The van der Waals surface area contributed by atoms with Gasteiger partial charge in [-0.2, -0.15) is 0 Å². The van der Waals surface area contributed by atoms with E-state index in [0.29, 0.717) is 31.4 Å². The first-order chi connectivity index (χ1) is 22.3. The van der Waals surface area contributed by atoms with Crippen molar-refractivity contribution in [3.8, 4) is 0 Å². The monoisotopic (exact) mass is 707 g/mol. The van der Waals surface area contributed by atoms with Crippen molar-refractivity contribution in [1.82, 2.24) is 24.7 Å². The van der Waals surface area contributed by atoms with E-state index in [2.05, 4.69) is 15.5 Å². The molecule has 1 spiro atoms. The van der Waals surface area contributed by atoms with Crippen LogP contribution in [0.1, 0.15) is 75.0 Å². The van der Waals surface area contributed by atoms with Gasteiger partial charge in [0.05, 0.1) is 17.5 Å². The van der Waals surface area contributed by atoms with Crippen LogP contribution >= 0.6 is 12.4 Å². The van der Waals surface area contributed by atoms with Crippen molar-refractivity contribution >= 4 is 40.3 Å². The Bertz CT molecular complexity index is 1590. The van der Waals surface area contributed by atoms with Gasteiger partial charge in [0.15, 0.2) is 0 Å². The minimum Gasteiger partial charge on any atom is -0.349 e. The molecule has 1 aliphatic carbocycles. The van der Waals surface area contributed by atoms with Gasteiger partial charge in [0, 0.05) is 51.5 Å². The number of alkyl halides is 2. The van der Waals surface area contributed by atoms with Gasteiger partial charge in [-0.05, 0) is 68.2 Å². The van der Waals surface area contributed by atoms with Crippen molar-refractivity contribution in [1.29, 1.82) is 0 Å². The summed E-state index contributed by atoms with van der Waals surface area (Å²) in [5.74, 6) is -3.55. The SMILES string of the molecule is CN(C)S(=O)(=O)c1ccc(CN2C(=O)NC3(CC4CCC(C3)N4CC[C@H](NC(=O)C3CCC(F)(F)CC3)c3ccccc3)C2=O)cc1.Cl. The molecular weight excluding hydrogens is 664 g/mol. The van der Waals surface area contributed by atoms with Gasteiger partial charge in [0.25, 0.3) is 5.91 Å². The van der Waals surface area contributed by atoms with Gasteiger partial charge in [-0.3, -0.25) is 19.4 Å². The number of fused-ring (bicyclic) bond motifs is 2. The number of amides is 4. The summed E-state index contributed by atoms with van der Waals surface area (Å²) in [7, 11) is -0.678. The number of imide groups is 1. The van der Waals surface area contributed by atoms with E-state index in [-0.39, 0.29) is 79.5 Å². The second-order valence-corrected chi connectivity index (χ2v) is 15.9. The largest absolute Gasteiger partial charge is 0.349 e. The molecule has 6 rings (SSSR count). The second-order valence-electron chi connectivity index (χ2n) is 13.8. The van der Waals surface area contributed by atoms with E-state index < -0.39 is 33.4 Å². The molecule has 1 saturated carbocycles. The minimum atomic E-state index is -3.59. The van der Waals surface area contributed by atoms with Crippen molar-refractivity contribution in [2.75, 3.05) is 20.6 Å². The average molecular weight is 708 g/mol. The highest BCUT2D eigenvalue weighted by atomic mass is 35.5. The third-order valence-corrected chi connectivity index (χ3v) is 12.3. The van der Waals surface area contributed by atoms with E-state index in [9.17, 15) is 31.6 Å². The van der Waals surface area contributed by atoms with Crippen LogP contribution in [0.25, 0.3) is 0 Å². The standard InChI is InChI=1S/C34H43F2N5O5S.ClH/c1-39(2)47(45,46)28-12-8-23(9-13-28)22-41-31(43)33(38-32(41)44)20-26-10-11-27(21-33)40(26)19-16-29(24-6-4-3-5-7-24)37-30(42)25-14-17-34(35,36)18-15-25;/h3-9,12-13,25-27,29H,10-11,14-22H2,1-2H3,(H,37,42)(H,38,44);1H/t26?,27?,29-,33?;/m0./s1. The van der Waals surface area contributed by atoms with E-state index >= 15 is 0 Å². The Morgan fingerprint density at radius 3 is 2.17 bits per heavy atom. The summed E-state index contributed by atoms with van der Waals surface area (Å²) in [6.45, 7) is 0.729. The van der Waals surface area contributed by atoms with Gasteiger partial charge < -0.3 is 10.6 Å². The number of sulfonamides is 1. The van der Waals surface area contributed by atoms with Crippen LogP contribution in [0, 0.1) is 5.92 Å². The van der Waals surface area contributed by atoms with Gasteiger partial charge >= 0.3 is 6.03 Å². The number of nitrogens with zero attached hydrogens (tertiary/aromatic N) is 3. The average Bonchev–Trinajstić information content (AvgIpc) is 3.42. The van der Waals surface area contributed by atoms with Crippen LogP contribution in [0.4, 0.5) is 13.6 Å². The Labute approximate surface area is 287 Å². The third kappa shape index (κ3) is 7.24. The number of hydrogen-bond donors (Lipinski definition) is 2. The predicted octanol–water partition coefficient (Wildman–Crippen LogP) is 4.85. The number of carbonyl (C=O) groups excluding carboxylic acids is 3. The van der Waals surface area contributed by atoms with Gasteiger partial charge in [-0.25, -0.2) is 26.3 Å². The molecule has 2 N–H and O–H groups in total. The molecule has 3 atom stereocenters. The lowest BCUT2D eigenvalue weighted by molar-refractivity contribution is -0.134. The molecule has 2 bridgehead atoms. The summed E-state index contributed by atoms with van der Waals surface area (Å²) >= 11 is 0. The zero-order valence-electron chi connectivity index (χ0n) is 27.2. The third-order valence-electron chi connectivity index (χ3n) is 10.5. The van der Waals surface area contributed by atoms with Crippen LogP contribution in [0.15, 0.2) is 59.5 Å². The molecule has 3 aliphatic heterocycles.